The minimum absolute atomic E-state index is 0. The highest BCUT2D eigenvalue weighted by molar-refractivity contribution is 5.85. The number of hydrogen-bond acceptors (Lipinski definition) is 4. The van der Waals surface area contributed by atoms with Crippen molar-refractivity contribution in [2.24, 2.45) is 0 Å². The fraction of sp³-hybridized carbons (Fsp3) is 0.562. The highest BCUT2D eigenvalue weighted by Crippen LogP contribution is 2.22. The number of nitrogens with zero attached hydrogens (tertiary/aromatic N) is 2. The number of carbonyl (C=O) groups excluding carboxylic acids is 2. The zero-order valence-electron chi connectivity index (χ0n) is 13.5. The SMILES string of the molecule is CCCNC(=O)CCC(=O)N1CCNCC1c1cccnc1.Cl. The van der Waals surface area contributed by atoms with Crippen LogP contribution in [-0.4, -0.2) is 47.9 Å². The second-order valence-electron chi connectivity index (χ2n) is 5.44. The lowest BCUT2D eigenvalue weighted by atomic mass is 10.0. The Bertz CT molecular complexity index is 498. The van der Waals surface area contributed by atoms with Crippen molar-refractivity contribution in [3.63, 3.8) is 0 Å². The van der Waals surface area contributed by atoms with E-state index in [9.17, 15) is 9.59 Å². The summed E-state index contributed by atoms with van der Waals surface area (Å²) in [7, 11) is 0. The van der Waals surface area contributed by atoms with Gasteiger partial charge in [0.2, 0.25) is 11.8 Å². The predicted molar refractivity (Wildman–Crippen MR) is 91.3 cm³/mol. The molecule has 1 atom stereocenters. The maximum atomic E-state index is 12.5. The van der Waals surface area contributed by atoms with Crippen LogP contribution in [0.25, 0.3) is 0 Å². The van der Waals surface area contributed by atoms with Gasteiger partial charge in [-0.25, -0.2) is 0 Å². The van der Waals surface area contributed by atoms with Gasteiger partial charge in [-0.15, -0.1) is 12.4 Å². The van der Waals surface area contributed by atoms with Crippen LogP contribution < -0.4 is 10.6 Å². The van der Waals surface area contributed by atoms with Gasteiger partial charge in [-0.3, -0.25) is 14.6 Å². The molecule has 0 spiro atoms. The molecular formula is C16H25ClN4O2. The van der Waals surface area contributed by atoms with E-state index in [0.29, 0.717) is 13.1 Å². The fourth-order valence-corrected chi connectivity index (χ4v) is 2.59. The summed E-state index contributed by atoms with van der Waals surface area (Å²) in [6.07, 6.45) is 4.94. The number of nitrogens with one attached hydrogen (secondary N) is 2. The molecule has 128 valence electrons. The van der Waals surface area contributed by atoms with Gasteiger partial charge in [-0.1, -0.05) is 13.0 Å². The van der Waals surface area contributed by atoms with Crippen LogP contribution in [-0.2, 0) is 9.59 Å². The molecule has 1 saturated heterocycles. The standard InChI is InChI=1S/C16H24N4O2.ClH/c1-2-7-19-15(21)5-6-16(22)20-10-9-18-12-14(20)13-4-3-8-17-11-13;/h3-4,8,11,14,18H,2,5-7,9-10,12H2,1H3,(H,19,21);1H. The Morgan fingerprint density at radius 2 is 2.26 bits per heavy atom. The van der Waals surface area contributed by atoms with E-state index in [1.807, 2.05) is 24.0 Å². The van der Waals surface area contributed by atoms with Crippen LogP contribution in [0.2, 0.25) is 0 Å². The summed E-state index contributed by atoms with van der Waals surface area (Å²) in [4.78, 5) is 30.1. The molecule has 1 aromatic rings. The van der Waals surface area contributed by atoms with Crippen LogP contribution in [0.5, 0.6) is 0 Å². The lowest BCUT2D eigenvalue weighted by Crippen LogP contribution is -2.48. The molecule has 7 heteroatoms. The van der Waals surface area contributed by atoms with Crippen LogP contribution in [0.3, 0.4) is 0 Å². The van der Waals surface area contributed by atoms with E-state index < -0.39 is 0 Å². The molecule has 0 radical (unpaired) electrons. The van der Waals surface area contributed by atoms with Gasteiger partial charge in [-0.05, 0) is 18.1 Å². The third-order valence-electron chi connectivity index (χ3n) is 3.77. The minimum atomic E-state index is -0.0525. The molecule has 1 fully saturated rings. The molecule has 6 nitrogen and oxygen atoms in total. The molecule has 2 amide bonds. The zero-order chi connectivity index (χ0) is 15.8. The van der Waals surface area contributed by atoms with E-state index in [-0.39, 0.29) is 43.1 Å². The lowest BCUT2D eigenvalue weighted by molar-refractivity contribution is -0.136. The highest BCUT2D eigenvalue weighted by atomic mass is 35.5. The normalized spacial score (nSPS) is 17.3. The van der Waals surface area contributed by atoms with Crippen LogP contribution in [0, 0.1) is 0 Å². The van der Waals surface area contributed by atoms with E-state index in [4.69, 9.17) is 0 Å². The van der Waals surface area contributed by atoms with Crippen molar-refractivity contribution < 1.29 is 9.59 Å². The number of aromatic nitrogens is 1. The Labute approximate surface area is 143 Å². The maximum Gasteiger partial charge on any atom is 0.223 e. The highest BCUT2D eigenvalue weighted by Gasteiger charge is 2.27. The van der Waals surface area contributed by atoms with Crippen molar-refractivity contribution in [3.8, 4) is 0 Å². The Morgan fingerprint density at radius 1 is 1.43 bits per heavy atom. The molecule has 2 heterocycles. The molecule has 0 saturated carbocycles. The van der Waals surface area contributed by atoms with Gasteiger partial charge < -0.3 is 15.5 Å². The summed E-state index contributed by atoms with van der Waals surface area (Å²) in [5.74, 6) is -0.0229. The second-order valence-corrected chi connectivity index (χ2v) is 5.44. The minimum Gasteiger partial charge on any atom is -0.356 e. The van der Waals surface area contributed by atoms with E-state index in [1.54, 1.807) is 12.4 Å². The third-order valence-corrected chi connectivity index (χ3v) is 3.77. The average Bonchev–Trinajstić information content (AvgIpc) is 2.58. The summed E-state index contributed by atoms with van der Waals surface area (Å²) in [6.45, 7) is 4.84. The molecule has 0 aromatic carbocycles. The molecule has 2 N–H and O–H groups in total. The number of piperazine rings is 1. The van der Waals surface area contributed by atoms with Gasteiger partial charge in [0.1, 0.15) is 0 Å². The molecule has 1 aromatic heterocycles. The van der Waals surface area contributed by atoms with Crippen molar-refractivity contribution in [3.05, 3.63) is 30.1 Å². The number of carbonyl (C=O) groups is 2. The van der Waals surface area contributed by atoms with Crippen molar-refractivity contribution in [2.75, 3.05) is 26.2 Å². The molecular weight excluding hydrogens is 316 g/mol. The molecule has 1 unspecified atom stereocenters. The average molecular weight is 341 g/mol. The van der Waals surface area contributed by atoms with Crippen molar-refractivity contribution in [1.82, 2.24) is 20.5 Å². The van der Waals surface area contributed by atoms with Crippen molar-refractivity contribution in [1.29, 1.82) is 0 Å². The van der Waals surface area contributed by atoms with Gasteiger partial charge in [0.15, 0.2) is 0 Å². The summed E-state index contributed by atoms with van der Waals surface area (Å²) in [6, 6.07) is 3.86. The van der Waals surface area contributed by atoms with E-state index in [2.05, 4.69) is 15.6 Å². The predicted octanol–water partition coefficient (Wildman–Crippen LogP) is 1.28. The molecule has 0 bridgehead atoms. The van der Waals surface area contributed by atoms with Crippen molar-refractivity contribution in [2.45, 2.75) is 32.2 Å². The number of amides is 2. The number of pyridine rings is 1. The third kappa shape index (κ3) is 5.80. The topological polar surface area (TPSA) is 74.3 Å². The van der Waals surface area contributed by atoms with Gasteiger partial charge in [0, 0.05) is 51.4 Å². The van der Waals surface area contributed by atoms with E-state index in [0.717, 1.165) is 25.1 Å². The first kappa shape index (κ1) is 19.4. The molecule has 0 aliphatic carbocycles. The first-order valence-electron chi connectivity index (χ1n) is 7.89. The quantitative estimate of drug-likeness (QED) is 0.818. The lowest BCUT2D eigenvalue weighted by Gasteiger charge is -2.36. The van der Waals surface area contributed by atoms with Crippen LogP contribution in [0.15, 0.2) is 24.5 Å². The monoisotopic (exact) mass is 340 g/mol. The largest absolute Gasteiger partial charge is 0.356 e. The Morgan fingerprint density at radius 3 is 2.96 bits per heavy atom. The van der Waals surface area contributed by atoms with Gasteiger partial charge in [0.05, 0.1) is 6.04 Å². The Hall–Kier alpha value is -1.66. The van der Waals surface area contributed by atoms with Crippen LogP contribution >= 0.6 is 12.4 Å². The summed E-state index contributed by atoms with van der Waals surface area (Å²) in [5, 5.41) is 6.11. The molecule has 1 aliphatic rings. The molecule has 23 heavy (non-hydrogen) atoms. The molecule has 2 rings (SSSR count). The van der Waals surface area contributed by atoms with Gasteiger partial charge >= 0.3 is 0 Å². The fourth-order valence-electron chi connectivity index (χ4n) is 2.59. The van der Waals surface area contributed by atoms with Crippen LogP contribution in [0.1, 0.15) is 37.8 Å². The maximum absolute atomic E-state index is 12.5. The Balaban J connectivity index is 0.00000264. The zero-order valence-corrected chi connectivity index (χ0v) is 14.3. The van der Waals surface area contributed by atoms with Crippen LogP contribution in [0.4, 0.5) is 0 Å². The Kier molecular flexibility index (Phi) is 8.58. The first-order chi connectivity index (χ1) is 10.7. The van der Waals surface area contributed by atoms with E-state index >= 15 is 0 Å². The number of hydrogen-bond donors (Lipinski definition) is 2. The first-order valence-corrected chi connectivity index (χ1v) is 7.89. The van der Waals surface area contributed by atoms with Gasteiger partial charge in [-0.2, -0.15) is 0 Å². The van der Waals surface area contributed by atoms with E-state index in [1.165, 1.54) is 0 Å². The number of halogens is 1. The summed E-state index contributed by atoms with van der Waals surface area (Å²) >= 11 is 0. The smallest absolute Gasteiger partial charge is 0.223 e. The van der Waals surface area contributed by atoms with Gasteiger partial charge in [0.25, 0.3) is 0 Å². The second kappa shape index (κ2) is 10.2. The number of rotatable bonds is 6. The molecule has 1 aliphatic heterocycles. The van der Waals surface area contributed by atoms with Crippen molar-refractivity contribution >= 4 is 24.2 Å². The summed E-state index contributed by atoms with van der Waals surface area (Å²) < 4.78 is 0. The summed E-state index contributed by atoms with van der Waals surface area (Å²) in [5.41, 5.74) is 1.03.